The normalized spacial score (nSPS) is 12.5. The Morgan fingerprint density at radius 2 is 0.612 bits per heavy atom. The fourth-order valence-corrected chi connectivity index (χ4v) is 9.94. The van der Waals surface area contributed by atoms with Crippen molar-refractivity contribution in [2.75, 3.05) is 13.2 Å². The number of aliphatic hydroxyl groups excluding tert-OH is 2. The molecule has 0 bridgehead atoms. The molecule has 0 saturated heterocycles. The lowest BCUT2D eigenvalue weighted by atomic mass is 10.0. The molecule has 0 aliphatic heterocycles. The lowest BCUT2D eigenvalue weighted by Gasteiger charge is -2.22. The molecular formula is C61H121NO5. The summed E-state index contributed by atoms with van der Waals surface area (Å²) in [5.41, 5.74) is 0. The smallest absolute Gasteiger partial charge is 0.305 e. The summed E-state index contributed by atoms with van der Waals surface area (Å²) in [6.07, 6.45) is 66.8. The van der Waals surface area contributed by atoms with Gasteiger partial charge in [0.25, 0.3) is 0 Å². The van der Waals surface area contributed by atoms with E-state index in [-0.39, 0.29) is 18.5 Å². The summed E-state index contributed by atoms with van der Waals surface area (Å²) < 4.78 is 5.47. The average molecular weight is 949 g/mol. The van der Waals surface area contributed by atoms with E-state index in [1.165, 1.54) is 283 Å². The van der Waals surface area contributed by atoms with E-state index in [9.17, 15) is 19.8 Å². The lowest BCUT2D eigenvalue weighted by molar-refractivity contribution is -0.143. The molecule has 0 aliphatic rings. The molecule has 0 radical (unpaired) electrons. The highest BCUT2D eigenvalue weighted by molar-refractivity contribution is 5.76. The largest absolute Gasteiger partial charge is 0.466 e. The zero-order chi connectivity index (χ0) is 48.6. The summed E-state index contributed by atoms with van der Waals surface area (Å²) in [6.45, 7) is 4.98. The van der Waals surface area contributed by atoms with E-state index in [2.05, 4.69) is 19.2 Å². The summed E-state index contributed by atoms with van der Waals surface area (Å²) >= 11 is 0. The van der Waals surface area contributed by atoms with Crippen LogP contribution in [-0.2, 0) is 14.3 Å². The quantitative estimate of drug-likeness (QED) is 0.0417. The number of amides is 1. The van der Waals surface area contributed by atoms with Crippen molar-refractivity contribution >= 4 is 11.9 Å². The van der Waals surface area contributed by atoms with Gasteiger partial charge in [-0.1, -0.05) is 316 Å². The summed E-state index contributed by atoms with van der Waals surface area (Å²) in [4.78, 5) is 24.5. The maximum Gasteiger partial charge on any atom is 0.305 e. The minimum atomic E-state index is -0.662. The van der Waals surface area contributed by atoms with Crippen LogP contribution in [0.15, 0.2) is 0 Å². The zero-order valence-corrected chi connectivity index (χ0v) is 45.7. The summed E-state index contributed by atoms with van der Waals surface area (Å²) in [5, 5.41) is 23.3. The maximum absolute atomic E-state index is 12.5. The van der Waals surface area contributed by atoms with Crippen molar-refractivity contribution in [1.82, 2.24) is 5.32 Å². The van der Waals surface area contributed by atoms with Gasteiger partial charge in [0.15, 0.2) is 0 Å². The van der Waals surface area contributed by atoms with Gasteiger partial charge < -0.3 is 20.3 Å². The summed E-state index contributed by atoms with van der Waals surface area (Å²) in [7, 11) is 0. The van der Waals surface area contributed by atoms with Crippen molar-refractivity contribution < 1.29 is 24.5 Å². The standard InChI is InChI=1S/C61H121NO5/c1-3-5-7-9-11-13-15-16-27-30-34-37-41-45-49-53-59(64)58(57-63)62-60(65)54-50-46-42-38-35-31-28-25-23-21-19-17-18-20-22-24-26-29-32-36-40-44-48-52-56-67-61(66)55-51-47-43-39-33-14-12-10-8-6-4-2/h58-59,63-64H,3-57H2,1-2H3,(H,62,65). The van der Waals surface area contributed by atoms with Crippen LogP contribution in [0.5, 0.6) is 0 Å². The number of aliphatic hydroxyl groups is 2. The number of hydrogen-bond acceptors (Lipinski definition) is 5. The molecule has 0 fully saturated rings. The lowest BCUT2D eigenvalue weighted by Crippen LogP contribution is -2.45. The Bertz CT molecular complexity index is 959. The van der Waals surface area contributed by atoms with E-state index >= 15 is 0 Å². The van der Waals surface area contributed by atoms with Crippen molar-refractivity contribution in [3.8, 4) is 0 Å². The van der Waals surface area contributed by atoms with Crippen molar-refractivity contribution in [1.29, 1.82) is 0 Å². The minimum Gasteiger partial charge on any atom is -0.466 e. The first-order valence-electron chi connectivity index (χ1n) is 30.8. The topological polar surface area (TPSA) is 95.9 Å². The number of carbonyl (C=O) groups is 2. The highest BCUT2D eigenvalue weighted by atomic mass is 16.5. The molecule has 67 heavy (non-hydrogen) atoms. The Morgan fingerprint density at radius 1 is 0.358 bits per heavy atom. The van der Waals surface area contributed by atoms with Crippen LogP contribution in [0, 0.1) is 0 Å². The Hall–Kier alpha value is -1.14. The maximum atomic E-state index is 12.5. The predicted molar refractivity (Wildman–Crippen MR) is 292 cm³/mol. The second-order valence-corrected chi connectivity index (χ2v) is 21.4. The molecule has 0 spiro atoms. The molecule has 2 atom stereocenters. The van der Waals surface area contributed by atoms with Crippen molar-refractivity contribution in [2.24, 2.45) is 0 Å². The first kappa shape index (κ1) is 65.9. The second-order valence-electron chi connectivity index (χ2n) is 21.4. The average Bonchev–Trinajstić information content (AvgIpc) is 3.33. The molecule has 2 unspecified atom stereocenters. The predicted octanol–water partition coefficient (Wildman–Crippen LogP) is 19.1. The van der Waals surface area contributed by atoms with Gasteiger partial charge in [-0.05, 0) is 25.7 Å². The molecule has 0 aliphatic carbocycles. The monoisotopic (exact) mass is 948 g/mol. The van der Waals surface area contributed by atoms with Crippen LogP contribution < -0.4 is 5.32 Å². The van der Waals surface area contributed by atoms with Crippen molar-refractivity contribution in [2.45, 2.75) is 366 Å². The molecule has 6 heteroatoms. The van der Waals surface area contributed by atoms with E-state index in [1.54, 1.807) is 0 Å². The highest BCUT2D eigenvalue weighted by Crippen LogP contribution is 2.18. The van der Waals surface area contributed by atoms with Gasteiger partial charge in [-0.2, -0.15) is 0 Å². The van der Waals surface area contributed by atoms with Crippen LogP contribution in [0.25, 0.3) is 0 Å². The van der Waals surface area contributed by atoms with Gasteiger partial charge in [-0.15, -0.1) is 0 Å². The van der Waals surface area contributed by atoms with Crippen LogP contribution in [0.1, 0.15) is 354 Å². The summed E-state index contributed by atoms with van der Waals surface area (Å²) in [5.74, 6) is -0.0148. The number of ether oxygens (including phenoxy) is 1. The Morgan fingerprint density at radius 3 is 0.910 bits per heavy atom. The molecule has 6 nitrogen and oxygen atoms in total. The molecule has 1 amide bonds. The Balaban J connectivity index is 3.35. The van der Waals surface area contributed by atoms with Gasteiger partial charge in [-0.25, -0.2) is 0 Å². The van der Waals surface area contributed by atoms with Gasteiger partial charge in [0.1, 0.15) is 0 Å². The number of carbonyl (C=O) groups excluding carboxylic acids is 2. The zero-order valence-electron chi connectivity index (χ0n) is 45.7. The number of hydrogen-bond donors (Lipinski definition) is 3. The molecule has 0 saturated carbocycles. The fourth-order valence-electron chi connectivity index (χ4n) is 9.94. The fraction of sp³-hybridized carbons (Fsp3) is 0.967. The van der Waals surface area contributed by atoms with E-state index in [0.29, 0.717) is 25.9 Å². The van der Waals surface area contributed by atoms with Crippen LogP contribution >= 0.6 is 0 Å². The second kappa shape index (κ2) is 57.4. The molecule has 400 valence electrons. The third kappa shape index (κ3) is 54.0. The number of esters is 1. The third-order valence-corrected chi connectivity index (χ3v) is 14.7. The van der Waals surface area contributed by atoms with Gasteiger partial charge >= 0.3 is 5.97 Å². The summed E-state index contributed by atoms with van der Waals surface area (Å²) in [6, 6.07) is -0.539. The molecule has 3 N–H and O–H groups in total. The van der Waals surface area contributed by atoms with Crippen LogP contribution in [0.2, 0.25) is 0 Å². The Labute approximate surface area is 419 Å². The SMILES string of the molecule is CCCCCCCCCCCCCCCCCC(O)C(CO)NC(=O)CCCCCCCCCCCCCCCCCCCCCCCCCCOC(=O)CCCCCCCCCCCCC. The minimum absolute atomic E-state index is 0.0160. The van der Waals surface area contributed by atoms with Gasteiger partial charge in [-0.3, -0.25) is 9.59 Å². The molecule has 0 heterocycles. The Kier molecular flexibility index (Phi) is 56.5. The molecular weight excluding hydrogens is 827 g/mol. The third-order valence-electron chi connectivity index (χ3n) is 14.7. The van der Waals surface area contributed by atoms with Crippen molar-refractivity contribution in [3.05, 3.63) is 0 Å². The van der Waals surface area contributed by atoms with Crippen LogP contribution in [-0.4, -0.2) is 47.4 Å². The first-order chi connectivity index (χ1) is 33.0. The number of nitrogens with one attached hydrogen (secondary N) is 1. The first-order valence-corrected chi connectivity index (χ1v) is 30.8. The number of rotatable bonds is 58. The van der Waals surface area contributed by atoms with E-state index in [4.69, 9.17) is 4.74 Å². The van der Waals surface area contributed by atoms with E-state index in [0.717, 1.165) is 38.5 Å². The van der Waals surface area contributed by atoms with E-state index < -0.39 is 12.1 Å². The molecule has 0 aromatic carbocycles. The molecule has 0 aromatic heterocycles. The van der Waals surface area contributed by atoms with Crippen LogP contribution in [0.4, 0.5) is 0 Å². The van der Waals surface area contributed by atoms with Gasteiger partial charge in [0, 0.05) is 12.8 Å². The van der Waals surface area contributed by atoms with Gasteiger partial charge in [0.05, 0.1) is 25.4 Å². The molecule has 0 aromatic rings. The van der Waals surface area contributed by atoms with E-state index in [1.807, 2.05) is 0 Å². The van der Waals surface area contributed by atoms with Crippen LogP contribution in [0.3, 0.4) is 0 Å². The van der Waals surface area contributed by atoms with Gasteiger partial charge in [0.2, 0.25) is 5.91 Å². The molecule has 0 rings (SSSR count). The number of unbranched alkanes of at least 4 members (excludes halogenated alkanes) is 47. The highest BCUT2D eigenvalue weighted by Gasteiger charge is 2.20. The van der Waals surface area contributed by atoms with Crippen molar-refractivity contribution in [3.63, 3.8) is 0 Å².